The molecule has 0 saturated heterocycles. The van der Waals surface area contributed by atoms with Gasteiger partial charge < -0.3 is 10.2 Å². The van der Waals surface area contributed by atoms with Crippen LogP contribution in [-0.4, -0.2) is 43.8 Å². The van der Waals surface area contributed by atoms with E-state index in [1.165, 1.54) is 53.4 Å². The van der Waals surface area contributed by atoms with Gasteiger partial charge in [-0.3, -0.25) is 13.9 Å². The first-order chi connectivity index (χ1) is 21.0. The Morgan fingerprint density at radius 1 is 0.795 bits per heavy atom. The van der Waals surface area contributed by atoms with Crippen LogP contribution in [0.5, 0.6) is 0 Å². The Kier molecular flexibility index (Phi) is 10.5. The van der Waals surface area contributed by atoms with Crippen molar-refractivity contribution in [3.63, 3.8) is 0 Å². The molecule has 1 N–H and O–H groups in total. The van der Waals surface area contributed by atoms with E-state index in [1.54, 1.807) is 63.2 Å². The van der Waals surface area contributed by atoms with Crippen LogP contribution >= 0.6 is 0 Å². The Morgan fingerprint density at radius 2 is 1.39 bits per heavy atom. The molecule has 1 atom stereocenters. The van der Waals surface area contributed by atoms with Crippen molar-refractivity contribution in [2.45, 2.75) is 50.7 Å². The molecule has 0 aliphatic rings. The lowest BCUT2D eigenvalue weighted by Crippen LogP contribution is -2.54. The van der Waals surface area contributed by atoms with Crippen LogP contribution in [0.4, 0.5) is 14.5 Å². The molecule has 0 bridgehead atoms. The Bertz CT molecular complexity index is 1700. The summed E-state index contributed by atoms with van der Waals surface area (Å²) in [6.07, 6.45) is 0.0734. The smallest absolute Gasteiger partial charge is 0.264 e. The SMILES string of the molecule is Cc1ccc(S(=O)(=O)N(CC(=O)N(Cc2ccccc2F)[C@@H](Cc2ccccc2)C(=O)NC(C)C)c2ccccc2F)cc1. The molecule has 0 heterocycles. The minimum atomic E-state index is -4.46. The molecule has 0 saturated carbocycles. The standard InChI is InChI=1S/C34H35F2N3O4S/c1-24(2)37-34(41)32(21-26-11-5-4-6-12-26)38(22-27-13-7-8-14-29(27)35)33(40)23-39(31-16-10-9-15-30(31)36)44(42,43)28-19-17-25(3)18-20-28/h4-20,24,32H,21-23H2,1-3H3,(H,37,41)/t32-/m0/s1. The van der Waals surface area contributed by atoms with Gasteiger partial charge in [0, 0.05) is 24.6 Å². The number of amides is 2. The number of nitrogens with zero attached hydrogens (tertiary/aromatic N) is 2. The van der Waals surface area contributed by atoms with E-state index in [4.69, 9.17) is 0 Å². The number of benzene rings is 4. The molecule has 4 aromatic carbocycles. The average Bonchev–Trinajstić information content (AvgIpc) is 2.99. The van der Waals surface area contributed by atoms with Gasteiger partial charge in [0.1, 0.15) is 24.2 Å². The number of halogens is 2. The summed E-state index contributed by atoms with van der Waals surface area (Å²) in [4.78, 5) is 29.0. The van der Waals surface area contributed by atoms with Gasteiger partial charge in [-0.05, 0) is 56.7 Å². The van der Waals surface area contributed by atoms with Gasteiger partial charge in [0.2, 0.25) is 11.8 Å². The van der Waals surface area contributed by atoms with E-state index in [2.05, 4.69) is 5.32 Å². The zero-order valence-corrected chi connectivity index (χ0v) is 25.6. The molecule has 0 aliphatic heterocycles. The van der Waals surface area contributed by atoms with Gasteiger partial charge in [0.25, 0.3) is 10.0 Å². The van der Waals surface area contributed by atoms with E-state index < -0.39 is 46.1 Å². The highest BCUT2D eigenvalue weighted by atomic mass is 32.2. The number of sulfonamides is 1. The zero-order valence-electron chi connectivity index (χ0n) is 24.8. The summed E-state index contributed by atoms with van der Waals surface area (Å²) in [5, 5.41) is 2.84. The van der Waals surface area contributed by atoms with E-state index in [-0.39, 0.29) is 35.2 Å². The third kappa shape index (κ3) is 7.87. The Morgan fingerprint density at radius 3 is 2.00 bits per heavy atom. The van der Waals surface area contributed by atoms with Crippen molar-refractivity contribution in [1.29, 1.82) is 0 Å². The monoisotopic (exact) mass is 619 g/mol. The van der Waals surface area contributed by atoms with Crippen molar-refractivity contribution in [1.82, 2.24) is 10.2 Å². The summed E-state index contributed by atoms with van der Waals surface area (Å²) >= 11 is 0. The predicted octanol–water partition coefficient (Wildman–Crippen LogP) is 5.63. The number of aryl methyl sites for hydroxylation is 1. The molecule has 0 aliphatic carbocycles. The second-order valence-corrected chi connectivity index (χ2v) is 12.6. The maximum Gasteiger partial charge on any atom is 0.264 e. The first-order valence-corrected chi connectivity index (χ1v) is 15.6. The van der Waals surface area contributed by atoms with Gasteiger partial charge in [0.15, 0.2) is 0 Å². The van der Waals surface area contributed by atoms with E-state index >= 15 is 4.39 Å². The first kappa shape index (κ1) is 32.3. The molecule has 0 aromatic heterocycles. The van der Waals surface area contributed by atoms with Gasteiger partial charge >= 0.3 is 0 Å². The Balaban J connectivity index is 1.82. The highest BCUT2D eigenvalue weighted by Gasteiger charge is 2.35. The van der Waals surface area contributed by atoms with Crippen molar-refractivity contribution in [3.8, 4) is 0 Å². The fourth-order valence-corrected chi connectivity index (χ4v) is 6.17. The van der Waals surface area contributed by atoms with E-state index in [9.17, 15) is 22.4 Å². The number of carbonyl (C=O) groups is 2. The van der Waals surface area contributed by atoms with Crippen LogP contribution in [0, 0.1) is 18.6 Å². The Hall–Kier alpha value is -4.57. The summed E-state index contributed by atoms with van der Waals surface area (Å²) in [6, 6.07) is 24.7. The van der Waals surface area contributed by atoms with Crippen LogP contribution in [0.2, 0.25) is 0 Å². The Labute approximate surface area is 257 Å². The van der Waals surface area contributed by atoms with E-state index in [0.717, 1.165) is 17.2 Å². The third-order valence-electron chi connectivity index (χ3n) is 7.01. The van der Waals surface area contributed by atoms with Gasteiger partial charge in [-0.25, -0.2) is 17.2 Å². The molecule has 2 amide bonds. The van der Waals surface area contributed by atoms with Crippen LogP contribution in [0.25, 0.3) is 0 Å². The largest absolute Gasteiger partial charge is 0.352 e. The minimum absolute atomic E-state index is 0.0734. The summed E-state index contributed by atoms with van der Waals surface area (Å²) in [5.41, 5.74) is 1.35. The molecular formula is C34H35F2N3O4S. The second-order valence-electron chi connectivity index (χ2n) is 10.8. The number of hydrogen-bond acceptors (Lipinski definition) is 4. The van der Waals surface area contributed by atoms with Crippen molar-refractivity contribution in [2.75, 3.05) is 10.8 Å². The van der Waals surface area contributed by atoms with Gasteiger partial charge in [-0.1, -0.05) is 78.4 Å². The summed E-state index contributed by atoms with van der Waals surface area (Å²) < 4.78 is 58.7. The highest BCUT2D eigenvalue weighted by molar-refractivity contribution is 7.92. The number of para-hydroxylation sites is 1. The quantitative estimate of drug-likeness (QED) is 0.223. The number of nitrogens with one attached hydrogen (secondary N) is 1. The molecule has 7 nitrogen and oxygen atoms in total. The molecule has 10 heteroatoms. The van der Waals surface area contributed by atoms with E-state index in [0.29, 0.717) is 4.31 Å². The summed E-state index contributed by atoms with van der Waals surface area (Å²) in [6.45, 7) is 4.17. The lowest BCUT2D eigenvalue weighted by Gasteiger charge is -2.34. The average molecular weight is 620 g/mol. The zero-order chi connectivity index (χ0) is 31.9. The van der Waals surface area contributed by atoms with Gasteiger partial charge in [0.05, 0.1) is 10.6 Å². The van der Waals surface area contributed by atoms with Crippen molar-refractivity contribution in [2.24, 2.45) is 0 Å². The van der Waals surface area contributed by atoms with Crippen LogP contribution in [-0.2, 0) is 32.6 Å². The molecule has 4 rings (SSSR count). The van der Waals surface area contributed by atoms with Crippen LogP contribution < -0.4 is 9.62 Å². The van der Waals surface area contributed by atoms with Crippen molar-refractivity contribution >= 4 is 27.5 Å². The minimum Gasteiger partial charge on any atom is -0.352 e. The molecule has 4 aromatic rings. The van der Waals surface area contributed by atoms with Crippen LogP contribution in [0.1, 0.15) is 30.5 Å². The molecular weight excluding hydrogens is 584 g/mol. The molecule has 0 spiro atoms. The number of anilines is 1. The summed E-state index contributed by atoms with van der Waals surface area (Å²) in [5.74, 6) is -2.75. The lowest BCUT2D eigenvalue weighted by molar-refractivity contribution is -0.140. The molecule has 0 fully saturated rings. The fourth-order valence-electron chi connectivity index (χ4n) is 4.75. The van der Waals surface area contributed by atoms with Gasteiger partial charge in [-0.2, -0.15) is 0 Å². The molecule has 0 unspecified atom stereocenters. The molecule has 0 radical (unpaired) electrons. The first-order valence-electron chi connectivity index (χ1n) is 14.2. The van der Waals surface area contributed by atoms with Crippen LogP contribution in [0.3, 0.4) is 0 Å². The lowest BCUT2D eigenvalue weighted by atomic mass is 10.0. The van der Waals surface area contributed by atoms with Crippen molar-refractivity contribution in [3.05, 3.63) is 131 Å². The summed E-state index contributed by atoms with van der Waals surface area (Å²) in [7, 11) is -4.46. The molecule has 44 heavy (non-hydrogen) atoms. The number of carbonyl (C=O) groups excluding carboxylic acids is 2. The second kappa shape index (κ2) is 14.3. The predicted molar refractivity (Wildman–Crippen MR) is 166 cm³/mol. The van der Waals surface area contributed by atoms with Crippen LogP contribution in [0.15, 0.2) is 108 Å². The van der Waals surface area contributed by atoms with E-state index in [1.807, 2.05) is 6.07 Å². The maximum absolute atomic E-state index is 15.2. The maximum atomic E-state index is 15.2. The topological polar surface area (TPSA) is 86.8 Å². The number of hydrogen-bond donors (Lipinski definition) is 1. The van der Waals surface area contributed by atoms with Crippen molar-refractivity contribution < 1.29 is 26.8 Å². The fraction of sp³-hybridized carbons (Fsp3) is 0.235. The molecule has 230 valence electrons. The normalized spacial score (nSPS) is 12.0. The number of rotatable bonds is 12. The highest BCUT2D eigenvalue weighted by Crippen LogP contribution is 2.27. The third-order valence-corrected chi connectivity index (χ3v) is 8.78. The van der Waals surface area contributed by atoms with Gasteiger partial charge in [-0.15, -0.1) is 0 Å².